The van der Waals surface area contributed by atoms with Crippen molar-refractivity contribution in [1.29, 1.82) is 0 Å². The van der Waals surface area contributed by atoms with Gasteiger partial charge in [-0.25, -0.2) is 9.97 Å². The number of nitrogen functional groups attached to an aromatic ring is 1. The molecule has 0 aliphatic heterocycles. The molecule has 0 aliphatic rings. The van der Waals surface area contributed by atoms with Crippen LogP contribution in [0.5, 0.6) is 0 Å². The maximum absolute atomic E-state index is 5.53. The van der Waals surface area contributed by atoms with Crippen molar-refractivity contribution in [2.75, 3.05) is 5.73 Å². The molecule has 2 rings (SSSR count). The molecule has 0 unspecified atom stereocenters. The van der Waals surface area contributed by atoms with Gasteiger partial charge in [-0.15, -0.1) is 0 Å². The van der Waals surface area contributed by atoms with E-state index in [4.69, 9.17) is 10.2 Å². The number of aryl methyl sites for hydroxylation is 1. The van der Waals surface area contributed by atoms with Crippen LogP contribution in [0.25, 0.3) is 11.5 Å². The Balaban J connectivity index is 2.46. The third-order valence-corrected chi connectivity index (χ3v) is 1.64. The summed E-state index contributed by atoms with van der Waals surface area (Å²) in [5.74, 6) is 1.75. The zero-order valence-electron chi connectivity index (χ0n) is 7.19. The number of aromatic nitrogens is 2. The van der Waals surface area contributed by atoms with Gasteiger partial charge in [0.25, 0.3) is 0 Å². The largest absolute Gasteiger partial charge is 0.439 e. The van der Waals surface area contributed by atoms with Crippen LogP contribution in [0, 0.1) is 6.92 Å². The Morgan fingerprint density at radius 2 is 2.23 bits per heavy atom. The van der Waals surface area contributed by atoms with Crippen molar-refractivity contribution in [3.05, 3.63) is 30.3 Å². The van der Waals surface area contributed by atoms with Gasteiger partial charge in [0.15, 0.2) is 11.7 Å². The molecule has 0 aliphatic carbocycles. The number of rotatable bonds is 1. The van der Waals surface area contributed by atoms with E-state index in [9.17, 15) is 0 Å². The van der Waals surface area contributed by atoms with Crippen LogP contribution in [0.15, 0.2) is 28.8 Å². The minimum Gasteiger partial charge on any atom is -0.439 e. The van der Waals surface area contributed by atoms with E-state index in [2.05, 4.69) is 9.97 Å². The van der Waals surface area contributed by atoms with Crippen LogP contribution < -0.4 is 5.73 Å². The lowest BCUT2D eigenvalue weighted by molar-refractivity contribution is 0.533. The first-order chi connectivity index (χ1) is 6.25. The van der Waals surface area contributed by atoms with Crippen LogP contribution in [0.4, 0.5) is 5.82 Å². The quantitative estimate of drug-likeness (QED) is 0.715. The van der Waals surface area contributed by atoms with Crippen LogP contribution in [0.3, 0.4) is 0 Å². The molecule has 0 saturated carbocycles. The maximum atomic E-state index is 5.53. The van der Waals surface area contributed by atoms with E-state index in [1.54, 1.807) is 19.2 Å². The molecule has 13 heavy (non-hydrogen) atoms. The smallest absolute Gasteiger partial charge is 0.191 e. The molecule has 66 valence electrons. The zero-order chi connectivity index (χ0) is 9.26. The molecule has 0 saturated heterocycles. The molecule has 0 spiro atoms. The van der Waals surface area contributed by atoms with Crippen molar-refractivity contribution in [2.24, 2.45) is 0 Å². The Bertz CT molecular complexity index is 422. The predicted octanol–water partition coefficient (Wildman–Crippen LogP) is 1.63. The molecule has 2 aromatic heterocycles. The SMILES string of the molecule is Cc1ncc(-c2cccc(N)n2)o1. The first-order valence-electron chi connectivity index (χ1n) is 3.91. The fourth-order valence-corrected chi connectivity index (χ4v) is 1.07. The molecule has 0 fully saturated rings. The lowest BCUT2D eigenvalue weighted by atomic mass is 10.3. The highest BCUT2D eigenvalue weighted by Crippen LogP contribution is 2.18. The zero-order valence-corrected chi connectivity index (χ0v) is 7.19. The van der Waals surface area contributed by atoms with Crippen molar-refractivity contribution in [1.82, 2.24) is 9.97 Å². The van der Waals surface area contributed by atoms with Gasteiger partial charge in [-0.3, -0.25) is 0 Å². The van der Waals surface area contributed by atoms with Gasteiger partial charge in [0, 0.05) is 6.92 Å². The first kappa shape index (κ1) is 7.79. The van der Waals surface area contributed by atoms with Crippen LogP contribution in [-0.4, -0.2) is 9.97 Å². The standard InChI is InChI=1S/C9H9N3O/c1-6-11-5-8(13-6)7-3-2-4-9(10)12-7/h2-5H,1H3,(H2,10,12). The third kappa shape index (κ3) is 1.51. The molecule has 0 aromatic carbocycles. The van der Waals surface area contributed by atoms with Crippen molar-refractivity contribution >= 4 is 5.82 Å². The van der Waals surface area contributed by atoms with Crippen LogP contribution >= 0.6 is 0 Å². The fourth-order valence-electron chi connectivity index (χ4n) is 1.07. The summed E-state index contributed by atoms with van der Waals surface area (Å²) in [5, 5.41) is 0. The second-order valence-electron chi connectivity index (χ2n) is 2.69. The van der Waals surface area contributed by atoms with Gasteiger partial charge >= 0.3 is 0 Å². The molecule has 2 aromatic rings. The Morgan fingerprint density at radius 3 is 2.85 bits per heavy atom. The summed E-state index contributed by atoms with van der Waals surface area (Å²) in [6.07, 6.45) is 1.64. The summed E-state index contributed by atoms with van der Waals surface area (Å²) >= 11 is 0. The number of nitrogens with zero attached hydrogens (tertiary/aromatic N) is 2. The molecule has 4 heteroatoms. The number of oxazole rings is 1. The van der Waals surface area contributed by atoms with Crippen molar-refractivity contribution in [2.45, 2.75) is 6.92 Å². The molecular weight excluding hydrogens is 166 g/mol. The molecule has 2 heterocycles. The van der Waals surface area contributed by atoms with Crippen LogP contribution in [0.2, 0.25) is 0 Å². The van der Waals surface area contributed by atoms with Crippen LogP contribution in [0.1, 0.15) is 5.89 Å². The van der Waals surface area contributed by atoms with Crippen molar-refractivity contribution in [3.8, 4) is 11.5 Å². The summed E-state index contributed by atoms with van der Waals surface area (Å²) in [4.78, 5) is 8.08. The summed E-state index contributed by atoms with van der Waals surface area (Å²) in [7, 11) is 0. The predicted molar refractivity (Wildman–Crippen MR) is 48.9 cm³/mol. The van der Waals surface area contributed by atoms with Gasteiger partial charge in [0.05, 0.1) is 6.20 Å². The molecular formula is C9H9N3O. The Morgan fingerprint density at radius 1 is 1.38 bits per heavy atom. The summed E-state index contributed by atoms with van der Waals surface area (Å²) in [5.41, 5.74) is 6.24. The molecule has 0 atom stereocenters. The minimum absolute atomic E-state index is 0.478. The van der Waals surface area contributed by atoms with Gasteiger partial charge in [0.2, 0.25) is 0 Å². The topological polar surface area (TPSA) is 64.9 Å². The van der Waals surface area contributed by atoms with Gasteiger partial charge in [-0.05, 0) is 12.1 Å². The monoisotopic (exact) mass is 175 g/mol. The molecule has 0 amide bonds. The highest BCUT2D eigenvalue weighted by Gasteiger charge is 2.04. The average Bonchev–Trinajstić information content (AvgIpc) is 2.52. The number of pyridine rings is 1. The first-order valence-corrected chi connectivity index (χ1v) is 3.91. The van der Waals surface area contributed by atoms with Crippen molar-refractivity contribution in [3.63, 3.8) is 0 Å². The number of anilines is 1. The highest BCUT2D eigenvalue weighted by molar-refractivity contribution is 5.53. The number of hydrogen-bond donors (Lipinski definition) is 1. The van der Waals surface area contributed by atoms with E-state index < -0.39 is 0 Å². The van der Waals surface area contributed by atoms with Gasteiger partial charge in [0.1, 0.15) is 11.5 Å². The maximum Gasteiger partial charge on any atom is 0.191 e. The van der Waals surface area contributed by atoms with E-state index in [0.717, 1.165) is 0 Å². The number of nitrogens with two attached hydrogens (primary N) is 1. The Kier molecular flexibility index (Phi) is 1.73. The van der Waals surface area contributed by atoms with E-state index in [1.807, 2.05) is 12.1 Å². The van der Waals surface area contributed by atoms with Crippen LogP contribution in [-0.2, 0) is 0 Å². The van der Waals surface area contributed by atoms with Gasteiger partial charge in [-0.2, -0.15) is 0 Å². The lowest BCUT2D eigenvalue weighted by Gasteiger charge is -1.95. The second-order valence-corrected chi connectivity index (χ2v) is 2.69. The fraction of sp³-hybridized carbons (Fsp3) is 0.111. The Labute approximate surface area is 75.4 Å². The molecule has 0 radical (unpaired) electrons. The Hall–Kier alpha value is -1.84. The normalized spacial score (nSPS) is 10.2. The lowest BCUT2D eigenvalue weighted by Crippen LogP contribution is -1.90. The minimum atomic E-state index is 0.478. The van der Waals surface area contributed by atoms with Gasteiger partial charge < -0.3 is 10.2 Å². The van der Waals surface area contributed by atoms with Crippen molar-refractivity contribution < 1.29 is 4.42 Å². The number of hydrogen-bond acceptors (Lipinski definition) is 4. The third-order valence-electron chi connectivity index (χ3n) is 1.64. The van der Waals surface area contributed by atoms with E-state index >= 15 is 0 Å². The molecule has 4 nitrogen and oxygen atoms in total. The van der Waals surface area contributed by atoms with E-state index in [-0.39, 0.29) is 0 Å². The highest BCUT2D eigenvalue weighted by atomic mass is 16.4. The van der Waals surface area contributed by atoms with Gasteiger partial charge in [-0.1, -0.05) is 6.07 Å². The summed E-state index contributed by atoms with van der Waals surface area (Å²) < 4.78 is 5.30. The molecule has 0 bridgehead atoms. The molecule has 2 N–H and O–H groups in total. The summed E-state index contributed by atoms with van der Waals surface area (Å²) in [6, 6.07) is 5.39. The van der Waals surface area contributed by atoms with E-state index in [0.29, 0.717) is 23.2 Å². The van der Waals surface area contributed by atoms with E-state index in [1.165, 1.54) is 0 Å². The average molecular weight is 175 g/mol. The summed E-state index contributed by atoms with van der Waals surface area (Å²) in [6.45, 7) is 1.79. The second kappa shape index (κ2) is 2.90.